The molecule has 138 valence electrons. The molecule has 0 saturated heterocycles. The molecule has 2 aromatic heterocycles. The molecule has 28 heavy (non-hydrogen) atoms. The molecule has 0 atom stereocenters. The molecule has 4 rings (SSSR count). The number of benzene rings is 2. The third-order valence-corrected chi connectivity index (χ3v) is 4.24. The van der Waals surface area contributed by atoms with Crippen LogP contribution >= 0.6 is 0 Å². The van der Waals surface area contributed by atoms with Crippen LogP contribution in [0.5, 0.6) is 0 Å². The van der Waals surface area contributed by atoms with Crippen LogP contribution in [0.4, 0.5) is 10.1 Å². The van der Waals surface area contributed by atoms with Gasteiger partial charge in [0.05, 0.1) is 16.8 Å². The predicted octanol–water partition coefficient (Wildman–Crippen LogP) is 3.68. The molecule has 1 amide bonds. The first-order valence-corrected chi connectivity index (χ1v) is 8.54. The Hall–Kier alpha value is -3.87. The highest BCUT2D eigenvalue weighted by molar-refractivity contribution is 6.12. The number of H-pyrrole nitrogens is 1. The molecule has 2 heterocycles. The Morgan fingerprint density at radius 3 is 2.71 bits per heavy atom. The largest absolute Gasteiger partial charge is 0.322 e. The number of aryl methyl sites for hydroxylation is 1. The minimum Gasteiger partial charge on any atom is -0.322 e. The van der Waals surface area contributed by atoms with E-state index in [1.54, 1.807) is 43.3 Å². The number of carbonyl (C=O) groups excluding carboxylic acids is 1. The van der Waals surface area contributed by atoms with Gasteiger partial charge in [-0.05, 0) is 49.4 Å². The number of amides is 1. The van der Waals surface area contributed by atoms with Gasteiger partial charge in [-0.25, -0.2) is 9.49 Å². The van der Waals surface area contributed by atoms with Crippen molar-refractivity contribution in [3.63, 3.8) is 0 Å². The van der Waals surface area contributed by atoms with Crippen molar-refractivity contribution in [2.75, 3.05) is 5.32 Å². The molecule has 0 saturated carbocycles. The number of rotatable bonds is 3. The number of aromatic nitrogens is 3. The minimum atomic E-state index is -0.432. The van der Waals surface area contributed by atoms with Crippen LogP contribution in [0.1, 0.15) is 16.1 Å². The molecular weight excluding hydrogens is 359 g/mol. The van der Waals surface area contributed by atoms with Gasteiger partial charge < -0.3 is 5.32 Å². The first-order chi connectivity index (χ1) is 13.5. The lowest BCUT2D eigenvalue weighted by atomic mass is 10.1. The summed E-state index contributed by atoms with van der Waals surface area (Å²) in [5.41, 5.74) is 3.12. The Labute approximate surface area is 159 Å². The van der Waals surface area contributed by atoms with Crippen LogP contribution in [0.2, 0.25) is 0 Å². The van der Waals surface area contributed by atoms with E-state index in [1.807, 2.05) is 6.07 Å². The summed E-state index contributed by atoms with van der Waals surface area (Å²) < 4.78 is 13.7. The first kappa shape index (κ1) is 17.5. The fourth-order valence-electron chi connectivity index (χ4n) is 2.98. The van der Waals surface area contributed by atoms with Crippen molar-refractivity contribution in [1.82, 2.24) is 15.2 Å². The first-order valence-electron chi connectivity index (χ1n) is 8.54. The molecule has 0 bridgehead atoms. The second kappa shape index (κ2) is 7.03. The van der Waals surface area contributed by atoms with Gasteiger partial charge in [-0.2, -0.15) is 5.10 Å². The highest BCUT2D eigenvalue weighted by Crippen LogP contribution is 2.23. The summed E-state index contributed by atoms with van der Waals surface area (Å²) in [5.74, 6) is -0.800. The van der Waals surface area contributed by atoms with Crippen LogP contribution in [0.25, 0.3) is 22.2 Å². The number of anilines is 1. The second-order valence-electron chi connectivity index (χ2n) is 6.31. The van der Waals surface area contributed by atoms with Crippen LogP contribution < -0.4 is 10.9 Å². The average Bonchev–Trinajstić information content (AvgIpc) is 2.68. The van der Waals surface area contributed by atoms with Crippen LogP contribution in [-0.2, 0) is 0 Å². The normalized spacial score (nSPS) is 10.8. The topological polar surface area (TPSA) is 87.7 Å². The van der Waals surface area contributed by atoms with Gasteiger partial charge in [0.25, 0.3) is 11.5 Å². The van der Waals surface area contributed by atoms with E-state index in [2.05, 4.69) is 20.5 Å². The molecule has 7 heteroatoms. The number of pyridine rings is 1. The summed E-state index contributed by atoms with van der Waals surface area (Å²) in [5, 5.41) is 9.65. The zero-order valence-corrected chi connectivity index (χ0v) is 14.9. The van der Waals surface area contributed by atoms with Gasteiger partial charge in [0.15, 0.2) is 0 Å². The number of halogens is 1. The van der Waals surface area contributed by atoms with Gasteiger partial charge in [0, 0.05) is 28.4 Å². The fraction of sp³-hybridized carbons (Fsp3) is 0.0476. The van der Waals surface area contributed by atoms with Gasteiger partial charge in [-0.1, -0.05) is 12.1 Å². The van der Waals surface area contributed by atoms with Crippen molar-refractivity contribution >= 4 is 22.5 Å². The van der Waals surface area contributed by atoms with Gasteiger partial charge in [-0.15, -0.1) is 0 Å². The summed E-state index contributed by atoms with van der Waals surface area (Å²) in [6.07, 6.45) is 0. The number of aromatic amines is 1. The smallest absolute Gasteiger partial charge is 0.264 e. The summed E-state index contributed by atoms with van der Waals surface area (Å²) in [7, 11) is 0. The fourth-order valence-corrected chi connectivity index (χ4v) is 2.98. The van der Waals surface area contributed by atoms with E-state index < -0.39 is 5.82 Å². The van der Waals surface area contributed by atoms with E-state index in [0.29, 0.717) is 33.5 Å². The van der Waals surface area contributed by atoms with Gasteiger partial charge >= 0.3 is 0 Å². The number of nitrogens with one attached hydrogen (secondary N) is 2. The maximum Gasteiger partial charge on any atom is 0.264 e. The quantitative estimate of drug-likeness (QED) is 0.573. The Morgan fingerprint density at radius 2 is 1.93 bits per heavy atom. The molecule has 0 unspecified atom stereocenters. The van der Waals surface area contributed by atoms with Crippen LogP contribution in [0.15, 0.2) is 65.5 Å². The third-order valence-electron chi connectivity index (χ3n) is 4.24. The molecule has 0 fully saturated rings. The number of carbonyl (C=O) groups is 1. The highest BCUT2D eigenvalue weighted by atomic mass is 19.1. The Balaban J connectivity index is 1.69. The molecule has 4 aromatic rings. The van der Waals surface area contributed by atoms with Crippen molar-refractivity contribution in [2.45, 2.75) is 6.92 Å². The van der Waals surface area contributed by atoms with Crippen LogP contribution in [0, 0.1) is 12.7 Å². The SMILES string of the molecule is Cc1cc(C(=O)Nc2cccc(-c3ccc(=O)[nH]n3)c2)c2cc(F)ccc2n1. The molecule has 0 aliphatic carbocycles. The molecule has 2 N–H and O–H groups in total. The number of hydrogen-bond donors (Lipinski definition) is 2. The van der Waals surface area contributed by atoms with E-state index in [1.165, 1.54) is 18.2 Å². The highest BCUT2D eigenvalue weighted by Gasteiger charge is 2.14. The summed E-state index contributed by atoms with van der Waals surface area (Å²) in [6, 6.07) is 15.9. The Bertz CT molecular complexity index is 1250. The van der Waals surface area contributed by atoms with Crippen molar-refractivity contribution in [1.29, 1.82) is 0 Å². The molecule has 0 aliphatic heterocycles. The third kappa shape index (κ3) is 3.50. The van der Waals surface area contributed by atoms with E-state index in [0.717, 1.165) is 5.56 Å². The van der Waals surface area contributed by atoms with Gasteiger partial charge in [-0.3, -0.25) is 14.6 Å². The number of nitrogens with zero attached hydrogens (tertiary/aromatic N) is 2. The van der Waals surface area contributed by atoms with E-state index >= 15 is 0 Å². The van der Waals surface area contributed by atoms with Crippen LogP contribution in [0.3, 0.4) is 0 Å². The zero-order chi connectivity index (χ0) is 19.7. The summed E-state index contributed by atoms with van der Waals surface area (Å²) >= 11 is 0. The lowest BCUT2D eigenvalue weighted by molar-refractivity contribution is 0.102. The lowest BCUT2D eigenvalue weighted by Gasteiger charge is -2.10. The molecular formula is C21H15FN4O2. The summed E-state index contributed by atoms with van der Waals surface area (Å²) in [4.78, 5) is 28.4. The van der Waals surface area contributed by atoms with E-state index in [9.17, 15) is 14.0 Å². The molecule has 0 radical (unpaired) electrons. The van der Waals surface area contributed by atoms with E-state index in [-0.39, 0.29) is 11.5 Å². The Kier molecular flexibility index (Phi) is 4.41. The second-order valence-corrected chi connectivity index (χ2v) is 6.31. The van der Waals surface area contributed by atoms with Crippen molar-refractivity contribution in [3.8, 4) is 11.3 Å². The molecule has 2 aromatic carbocycles. The minimum absolute atomic E-state index is 0.291. The maximum absolute atomic E-state index is 13.7. The van der Waals surface area contributed by atoms with Crippen LogP contribution in [-0.4, -0.2) is 21.1 Å². The Morgan fingerprint density at radius 1 is 1.07 bits per heavy atom. The standard InChI is InChI=1S/C21H15FN4O2/c1-12-9-17(16-11-14(22)5-6-19(16)23-12)21(28)24-15-4-2-3-13(10-15)18-7-8-20(27)26-25-18/h2-11H,1H3,(H,24,28)(H,26,27). The van der Waals surface area contributed by atoms with Gasteiger partial charge in [0.1, 0.15) is 5.82 Å². The van der Waals surface area contributed by atoms with Crippen molar-refractivity contribution in [3.05, 3.63) is 88.1 Å². The van der Waals surface area contributed by atoms with Crippen molar-refractivity contribution in [2.24, 2.45) is 0 Å². The van der Waals surface area contributed by atoms with E-state index in [4.69, 9.17) is 0 Å². The molecule has 6 nitrogen and oxygen atoms in total. The monoisotopic (exact) mass is 374 g/mol. The maximum atomic E-state index is 13.7. The van der Waals surface area contributed by atoms with Gasteiger partial charge in [0.2, 0.25) is 0 Å². The molecule has 0 aliphatic rings. The number of fused-ring (bicyclic) bond motifs is 1. The molecule has 0 spiro atoms. The summed E-state index contributed by atoms with van der Waals surface area (Å²) in [6.45, 7) is 1.78. The van der Waals surface area contributed by atoms with Crippen molar-refractivity contribution < 1.29 is 9.18 Å². The average molecular weight is 374 g/mol. The zero-order valence-electron chi connectivity index (χ0n) is 14.9. The predicted molar refractivity (Wildman–Crippen MR) is 105 cm³/mol. The number of hydrogen-bond acceptors (Lipinski definition) is 4. The lowest BCUT2D eigenvalue weighted by Crippen LogP contribution is -2.13.